The molecule has 0 fully saturated rings. The number of methoxy groups -OCH3 is 1. The molecule has 1 aromatic rings. The topological polar surface area (TPSA) is 26.3 Å². The van der Waals surface area contributed by atoms with E-state index in [4.69, 9.17) is 0 Å². The third-order valence-electron chi connectivity index (χ3n) is 1.87. The molecule has 2 nitrogen and oxygen atoms in total. The van der Waals surface area contributed by atoms with Gasteiger partial charge in [-0.3, -0.25) is 4.79 Å². The molecule has 0 N–H and O–H groups in total. The predicted molar refractivity (Wildman–Crippen MR) is 47.7 cm³/mol. The Hall–Kier alpha value is -1.52. The van der Waals surface area contributed by atoms with Gasteiger partial charge in [-0.05, 0) is 11.6 Å². The lowest BCUT2D eigenvalue weighted by atomic mass is 10.1. The second-order valence-electron chi connectivity index (χ2n) is 2.88. The smallest absolute Gasteiger partial charge is 0.296 e. The van der Waals surface area contributed by atoms with Crippen molar-refractivity contribution in [1.82, 2.24) is 0 Å². The number of rotatable bonds is 4. The molecule has 0 unspecified atom stereocenters. The van der Waals surface area contributed by atoms with Crippen LogP contribution in [0, 0.1) is 5.82 Å². The number of hydrogen-bond acceptors (Lipinski definition) is 2. The zero-order chi connectivity index (χ0) is 11.4. The fraction of sp³-hybridized carbons (Fsp3) is 0.300. The van der Waals surface area contributed by atoms with Gasteiger partial charge in [-0.1, -0.05) is 12.1 Å². The molecule has 1 rings (SSSR count). The molecule has 5 heteroatoms. The predicted octanol–water partition coefficient (Wildman–Crippen LogP) is 2.21. The van der Waals surface area contributed by atoms with Crippen LogP contribution in [0.4, 0.5) is 13.2 Å². The summed E-state index contributed by atoms with van der Waals surface area (Å²) in [4.78, 5) is 10.7. The maximum absolute atomic E-state index is 13.4. The molecule has 0 saturated heterocycles. The second-order valence-corrected chi connectivity index (χ2v) is 2.88. The number of Topliss-reactive ketones (excluding diaryl/α,β-unsaturated/α-hetero) is 1. The van der Waals surface area contributed by atoms with Gasteiger partial charge in [0, 0.05) is 6.42 Å². The van der Waals surface area contributed by atoms with E-state index in [1.54, 1.807) is 0 Å². The van der Waals surface area contributed by atoms with Crippen LogP contribution in [0.3, 0.4) is 0 Å². The molecular formula is C10H9F3O2. The molecule has 15 heavy (non-hydrogen) atoms. The monoisotopic (exact) mass is 218 g/mol. The Morgan fingerprint density at radius 2 is 2.13 bits per heavy atom. The fourth-order valence-electron chi connectivity index (χ4n) is 1.12. The molecule has 82 valence electrons. The zero-order valence-electron chi connectivity index (χ0n) is 7.97. The summed E-state index contributed by atoms with van der Waals surface area (Å²) in [5.74, 6) is -2.13. The van der Waals surface area contributed by atoms with E-state index in [0.29, 0.717) is 0 Å². The summed E-state index contributed by atoms with van der Waals surface area (Å²) in [6.45, 7) is 0. The molecule has 0 heterocycles. The SMILES string of the molecule is COc1cccc(CC(=O)C(F)F)c1F. The average Bonchev–Trinajstić information content (AvgIpc) is 2.21. The maximum atomic E-state index is 13.4. The van der Waals surface area contributed by atoms with Gasteiger partial charge in [0.15, 0.2) is 11.6 Å². The number of carbonyl (C=O) groups is 1. The molecule has 0 aromatic heterocycles. The van der Waals surface area contributed by atoms with Crippen LogP contribution in [0.25, 0.3) is 0 Å². The van der Waals surface area contributed by atoms with Gasteiger partial charge in [0.1, 0.15) is 0 Å². The first-order valence-corrected chi connectivity index (χ1v) is 4.18. The van der Waals surface area contributed by atoms with E-state index >= 15 is 0 Å². The van der Waals surface area contributed by atoms with Crippen LogP contribution < -0.4 is 4.74 Å². The first-order chi connectivity index (χ1) is 7.06. The van der Waals surface area contributed by atoms with E-state index in [9.17, 15) is 18.0 Å². The number of hydrogen-bond donors (Lipinski definition) is 0. The van der Waals surface area contributed by atoms with Gasteiger partial charge in [0.05, 0.1) is 7.11 Å². The lowest BCUT2D eigenvalue weighted by Crippen LogP contribution is -2.13. The Labute approximate surface area is 84.7 Å². The lowest BCUT2D eigenvalue weighted by Gasteiger charge is -2.06. The van der Waals surface area contributed by atoms with Crippen LogP contribution in [0.5, 0.6) is 5.75 Å². The average molecular weight is 218 g/mol. The molecule has 0 bridgehead atoms. The molecule has 0 aliphatic rings. The van der Waals surface area contributed by atoms with E-state index in [2.05, 4.69) is 4.74 Å². The first-order valence-electron chi connectivity index (χ1n) is 4.18. The number of carbonyl (C=O) groups excluding carboxylic acids is 1. The van der Waals surface area contributed by atoms with Crippen molar-refractivity contribution >= 4 is 5.78 Å². The molecular weight excluding hydrogens is 209 g/mol. The van der Waals surface area contributed by atoms with E-state index < -0.39 is 24.4 Å². The van der Waals surface area contributed by atoms with Gasteiger partial charge in [0.2, 0.25) is 5.78 Å². The van der Waals surface area contributed by atoms with Crippen molar-refractivity contribution in [2.24, 2.45) is 0 Å². The van der Waals surface area contributed by atoms with E-state index in [1.165, 1.54) is 25.3 Å². The Bertz CT molecular complexity index is 364. The Morgan fingerprint density at radius 3 is 2.67 bits per heavy atom. The van der Waals surface area contributed by atoms with Gasteiger partial charge in [-0.2, -0.15) is 0 Å². The third-order valence-corrected chi connectivity index (χ3v) is 1.87. The highest BCUT2D eigenvalue weighted by Crippen LogP contribution is 2.20. The number of alkyl halides is 2. The Balaban J connectivity index is 2.91. The minimum atomic E-state index is -3.07. The van der Waals surface area contributed by atoms with E-state index in [-0.39, 0.29) is 11.3 Å². The van der Waals surface area contributed by atoms with Gasteiger partial charge in [-0.15, -0.1) is 0 Å². The number of halogens is 3. The summed E-state index contributed by atoms with van der Waals surface area (Å²) in [5.41, 5.74) is -0.0837. The van der Waals surface area contributed by atoms with Gasteiger partial charge in [-0.25, -0.2) is 13.2 Å². The number of ketones is 1. The fourth-order valence-corrected chi connectivity index (χ4v) is 1.12. The van der Waals surface area contributed by atoms with Gasteiger partial charge in [0.25, 0.3) is 6.43 Å². The summed E-state index contributed by atoms with van der Waals surface area (Å²) in [6, 6.07) is 4.07. The highest BCUT2D eigenvalue weighted by atomic mass is 19.3. The Morgan fingerprint density at radius 1 is 1.47 bits per heavy atom. The van der Waals surface area contributed by atoms with Crippen molar-refractivity contribution in [2.45, 2.75) is 12.8 Å². The number of benzene rings is 1. The van der Waals surface area contributed by atoms with Crippen molar-refractivity contribution < 1.29 is 22.7 Å². The summed E-state index contributed by atoms with van der Waals surface area (Å²) < 4.78 is 41.9. The summed E-state index contributed by atoms with van der Waals surface area (Å²) in [7, 11) is 1.26. The normalized spacial score (nSPS) is 10.5. The summed E-state index contributed by atoms with van der Waals surface area (Å²) in [6.07, 6.45) is -3.70. The van der Waals surface area contributed by atoms with Crippen molar-refractivity contribution in [3.05, 3.63) is 29.6 Å². The zero-order valence-corrected chi connectivity index (χ0v) is 7.97. The largest absolute Gasteiger partial charge is 0.494 e. The molecule has 0 aliphatic heterocycles. The highest BCUT2D eigenvalue weighted by molar-refractivity contribution is 5.83. The second kappa shape index (κ2) is 4.82. The molecule has 0 aliphatic carbocycles. The summed E-state index contributed by atoms with van der Waals surface area (Å²) >= 11 is 0. The van der Waals surface area contributed by atoms with Crippen LogP contribution in [-0.2, 0) is 11.2 Å². The standard InChI is InChI=1S/C10H9F3O2/c1-15-8-4-2-3-6(9(8)11)5-7(14)10(12)13/h2-4,10H,5H2,1H3. The van der Waals surface area contributed by atoms with Crippen molar-refractivity contribution in [1.29, 1.82) is 0 Å². The van der Waals surface area contributed by atoms with E-state index in [1.807, 2.05) is 0 Å². The number of ether oxygens (including phenoxy) is 1. The van der Waals surface area contributed by atoms with Crippen molar-refractivity contribution in [3.8, 4) is 5.75 Å². The van der Waals surface area contributed by atoms with E-state index in [0.717, 1.165) is 0 Å². The van der Waals surface area contributed by atoms with Crippen LogP contribution >= 0.6 is 0 Å². The van der Waals surface area contributed by atoms with Crippen molar-refractivity contribution in [2.75, 3.05) is 7.11 Å². The van der Waals surface area contributed by atoms with Gasteiger partial charge < -0.3 is 4.74 Å². The Kier molecular flexibility index (Phi) is 3.71. The summed E-state index contributed by atoms with van der Waals surface area (Å²) in [5, 5.41) is 0. The molecule has 0 radical (unpaired) electrons. The lowest BCUT2D eigenvalue weighted by molar-refractivity contribution is -0.128. The quantitative estimate of drug-likeness (QED) is 0.774. The van der Waals surface area contributed by atoms with Crippen LogP contribution in [0.1, 0.15) is 5.56 Å². The van der Waals surface area contributed by atoms with Crippen LogP contribution in [0.15, 0.2) is 18.2 Å². The molecule has 0 amide bonds. The van der Waals surface area contributed by atoms with Crippen LogP contribution in [0.2, 0.25) is 0 Å². The molecule has 0 atom stereocenters. The van der Waals surface area contributed by atoms with Gasteiger partial charge >= 0.3 is 0 Å². The minimum Gasteiger partial charge on any atom is -0.494 e. The van der Waals surface area contributed by atoms with Crippen molar-refractivity contribution in [3.63, 3.8) is 0 Å². The first kappa shape index (κ1) is 11.6. The third kappa shape index (κ3) is 2.71. The maximum Gasteiger partial charge on any atom is 0.296 e. The molecule has 0 spiro atoms. The molecule has 1 aromatic carbocycles. The minimum absolute atomic E-state index is 0.0606. The van der Waals surface area contributed by atoms with Crippen LogP contribution in [-0.4, -0.2) is 19.3 Å². The molecule has 0 saturated carbocycles. The highest BCUT2D eigenvalue weighted by Gasteiger charge is 2.18.